The molecule has 5 heteroatoms. The zero-order valence-corrected chi connectivity index (χ0v) is 13.7. The maximum Gasteiger partial charge on any atom is 0.335 e. The predicted octanol–water partition coefficient (Wildman–Crippen LogP) is 3.72. The molecule has 1 heterocycles. The van der Waals surface area contributed by atoms with Crippen LogP contribution in [0.3, 0.4) is 0 Å². The lowest BCUT2D eigenvalue weighted by molar-refractivity contribution is 0.0696. The SMILES string of the molecule is CNc1nc(-c2cccc(C(=O)O)c2)ccc1C(=O)C(C)(C)C. The molecule has 2 aromatic rings. The molecule has 0 atom stereocenters. The van der Waals surface area contributed by atoms with E-state index in [4.69, 9.17) is 5.11 Å². The molecule has 2 N–H and O–H groups in total. The van der Waals surface area contributed by atoms with E-state index in [1.165, 1.54) is 6.07 Å². The van der Waals surface area contributed by atoms with E-state index < -0.39 is 11.4 Å². The van der Waals surface area contributed by atoms with Crippen LogP contribution >= 0.6 is 0 Å². The lowest BCUT2D eigenvalue weighted by atomic mass is 9.86. The molecule has 23 heavy (non-hydrogen) atoms. The number of hydrogen-bond donors (Lipinski definition) is 2. The van der Waals surface area contributed by atoms with Crippen molar-refractivity contribution in [1.29, 1.82) is 0 Å². The molecule has 5 nitrogen and oxygen atoms in total. The van der Waals surface area contributed by atoms with Crippen LogP contribution in [0.1, 0.15) is 41.5 Å². The van der Waals surface area contributed by atoms with Crippen molar-refractivity contribution in [2.24, 2.45) is 5.41 Å². The summed E-state index contributed by atoms with van der Waals surface area (Å²) in [5, 5.41) is 12.0. The number of hydrogen-bond acceptors (Lipinski definition) is 4. The Kier molecular flexibility index (Phi) is 4.50. The number of aromatic carboxylic acids is 1. The number of carbonyl (C=O) groups is 2. The molecule has 2 rings (SSSR count). The minimum absolute atomic E-state index is 0.000173. The molecule has 0 unspecified atom stereocenters. The third kappa shape index (κ3) is 3.56. The van der Waals surface area contributed by atoms with Gasteiger partial charge >= 0.3 is 5.97 Å². The number of rotatable bonds is 4. The highest BCUT2D eigenvalue weighted by molar-refractivity contribution is 6.04. The van der Waals surface area contributed by atoms with Gasteiger partial charge in [-0.05, 0) is 24.3 Å². The molecule has 120 valence electrons. The van der Waals surface area contributed by atoms with Gasteiger partial charge in [0.25, 0.3) is 0 Å². The number of anilines is 1. The van der Waals surface area contributed by atoms with Gasteiger partial charge in [0.15, 0.2) is 5.78 Å². The molecule has 0 radical (unpaired) electrons. The normalized spacial score (nSPS) is 11.1. The first-order chi connectivity index (χ1) is 10.7. The number of carboxylic acids is 1. The minimum atomic E-state index is -0.986. The van der Waals surface area contributed by atoms with E-state index >= 15 is 0 Å². The second-order valence-electron chi connectivity index (χ2n) is 6.31. The lowest BCUT2D eigenvalue weighted by Crippen LogP contribution is -2.21. The van der Waals surface area contributed by atoms with Gasteiger partial charge in [0.2, 0.25) is 0 Å². The summed E-state index contributed by atoms with van der Waals surface area (Å²) in [5.74, 6) is -0.497. The van der Waals surface area contributed by atoms with Crippen molar-refractivity contribution in [3.63, 3.8) is 0 Å². The molecule has 0 spiro atoms. The number of nitrogens with zero attached hydrogens (tertiary/aromatic N) is 1. The zero-order valence-electron chi connectivity index (χ0n) is 13.7. The fourth-order valence-corrected chi connectivity index (χ4v) is 2.21. The van der Waals surface area contributed by atoms with Gasteiger partial charge in [-0.2, -0.15) is 0 Å². The van der Waals surface area contributed by atoms with Gasteiger partial charge in [-0.25, -0.2) is 9.78 Å². The second-order valence-corrected chi connectivity index (χ2v) is 6.31. The number of carbonyl (C=O) groups excluding carboxylic acids is 1. The van der Waals surface area contributed by atoms with Crippen molar-refractivity contribution < 1.29 is 14.7 Å². The van der Waals surface area contributed by atoms with Gasteiger partial charge in [0.05, 0.1) is 16.8 Å². The number of nitrogens with one attached hydrogen (secondary N) is 1. The zero-order chi connectivity index (χ0) is 17.2. The average molecular weight is 312 g/mol. The fraction of sp³-hybridized carbons (Fsp3) is 0.278. The lowest BCUT2D eigenvalue weighted by Gasteiger charge is -2.19. The molecular weight excluding hydrogens is 292 g/mol. The van der Waals surface area contributed by atoms with Crippen molar-refractivity contribution in [1.82, 2.24) is 4.98 Å². The molecular formula is C18H20N2O3. The summed E-state index contributed by atoms with van der Waals surface area (Å²) in [4.78, 5) is 28.0. The van der Waals surface area contributed by atoms with Crippen LogP contribution in [0.15, 0.2) is 36.4 Å². The molecule has 0 bridgehead atoms. The van der Waals surface area contributed by atoms with Gasteiger partial charge in [-0.1, -0.05) is 32.9 Å². The van der Waals surface area contributed by atoms with Gasteiger partial charge in [-0.3, -0.25) is 4.79 Å². The maximum absolute atomic E-state index is 12.5. The molecule has 0 fully saturated rings. The molecule has 0 aliphatic rings. The summed E-state index contributed by atoms with van der Waals surface area (Å²) in [6, 6.07) is 10.0. The van der Waals surface area contributed by atoms with Crippen LogP contribution in [0.5, 0.6) is 0 Å². The molecule has 0 saturated heterocycles. The molecule has 0 aliphatic carbocycles. The van der Waals surface area contributed by atoms with Crippen molar-refractivity contribution in [2.75, 3.05) is 12.4 Å². The van der Waals surface area contributed by atoms with Crippen molar-refractivity contribution in [3.8, 4) is 11.3 Å². The van der Waals surface area contributed by atoms with Crippen LogP contribution < -0.4 is 5.32 Å². The van der Waals surface area contributed by atoms with Gasteiger partial charge < -0.3 is 10.4 Å². The molecule has 1 aromatic carbocycles. The first-order valence-electron chi connectivity index (χ1n) is 7.31. The summed E-state index contributed by atoms with van der Waals surface area (Å²) < 4.78 is 0. The Morgan fingerprint density at radius 3 is 2.39 bits per heavy atom. The Morgan fingerprint density at radius 1 is 1.13 bits per heavy atom. The summed E-state index contributed by atoms with van der Waals surface area (Å²) >= 11 is 0. The second kappa shape index (κ2) is 6.20. The smallest absolute Gasteiger partial charge is 0.335 e. The Bertz CT molecular complexity index is 761. The largest absolute Gasteiger partial charge is 0.478 e. The van der Waals surface area contributed by atoms with Crippen LogP contribution in [0.25, 0.3) is 11.3 Å². The minimum Gasteiger partial charge on any atom is -0.478 e. The number of benzene rings is 1. The van der Waals surface area contributed by atoms with Crippen LogP contribution in [0.4, 0.5) is 5.82 Å². The van der Waals surface area contributed by atoms with E-state index in [0.717, 1.165) is 0 Å². The van der Waals surface area contributed by atoms with Gasteiger partial charge in [-0.15, -0.1) is 0 Å². The summed E-state index contributed by atoms with van der Waals surface area (Å²) in [7, 11) is 1.71. The van der Waals surface area contributed by atoms with Gasteiger partial charge in [0.1, 0.15) is 5.82 Å². The Labute approximate surface area is 135 Å². The summed E-state index contributed by atoms with van der Waals surface area (Å²) in [6.07, 6.45) is 0. The van der Waals surface area contributed by atoms with E-state index in [9.17, 15) is 9.59 Å². The number of pyridine rings is 1. The number of Topliss-reactive ketones (excluding diaryl/α,β-unsaturated/α-hetero) is 1. The first kappa shape index (κ1) is 16.7. The molecule has 0 aliphatic heterocycles. The van der Waals surface area contributed by atoms with Crippen molar-refractivity contribution >= 4 is 17.6 Å². The van der Waals surface area contributed by atoms with Crippen LogP contribution in [-0.2, 0) is 0 Å². The number of aromatic nitrogens is 1. The molecule has 0 amide bonds. The molecule has 1 aromatic heterocycles. The average Bonchev–Trinajstić information content (AvgIpc) is 2.52. The van der Waals surface area contributed by atoms with Crippen molar-refractivity contribution in [3.05, 3.63) is 47.5 Å². The number of carboxylic acid groups (broad SMARTS) is 1. The number of ketones is 1. The molecule has 0 saturated carbocycles. The Hall–Kier alpha value is -2.69. The first-order valence-corrected chi connectivity index (χ1v) is 7.31. The predicted molar refractivity (Wildman–Crippen MR) is 90.0 cm³/mol. The Balaban J connectivity index is 2.49. The van der Waals surface area contributed by atoms with E-state index in [1.807, 2.05) is 20.8 Å². The highest BCUT2D eigenvalue weighted by atomic mass is 16.4. The van der Waals surface area contributed by atoms with E-state index in [0.29, 0.717) is 22.6 Å². The summed E-state index contributed by atoms with van der Waals surface area (Å²) in [6.45, 7) is 5.58. The Morgan fingerprint density at radius 2 is 1.83 bits per heavy atom. The van der Waals surface area contributed by atoms with E-state index in [2.05, 4.69) is 10.3 Å². The van der Waals surface area contributed by atoms with Crippen LogP contribution in [-0.4, -0.2) is 28.9 Å². The van der Waals surface area contributed by atoms with Gasteiger partial charge in [0, 0.05) is 18.0 Å². The third-order valence-corrected chi connectivity index (χ3v) is 3.46. The monoisotopic (exact) mass is 312 g/mol. The maximum atomic E-state index is 12.5. The highest BCUT2D eigenvalue weighted by Gasteiger charge is 2.25. The quantitative estimate of drug-likeness (QED) is 0.841. The van der Waals surface area contributed by atoms with Crippen LogP contribution in [0.2, 0.25) is 0 Å². The van der Waals surface area contributed by atoms with Crippen molar-refractivity contribution in [2.45, 2.75) is 20.8 Å². The topological polar surface area (TPSA) is 79.3 Å². The standard InChI is InChI=1S/C18H20N2O3/c1-18(2,3)15(21)13-8-9-14(20-16(13)19-4)11-6-5-7-12(10-11)17(22)23/h5-10H,1-4H3,(H,19,20)(H,22,23). The summed E-state index contributed by atoms with van der Waals surface area (Å²) in [5.41, 5.74) is 1.53. The highest BCUT2D eigenvalue weighted by Crippen LogP contribution is 2.28. The fourth-order valence-electron chi connectivity index (χ4n) is 2.21. The third-order valence-electron chi connectivity index (χ3n) is 3.46. The van der Waals surface area contributed by atoms with E-state index in [-0.39, 0.29) is 11.3 Å². The van der Waals surface area contributed by atoms with E-state index in [1.54, 1.807) is 37.4 Å². The van der Waals surface area contributed by atoms with Crippen LogP contribution in [0, 0.1) is 5.41 Å².